The Morgan fingerprint density at radius 1 is 1.24 bits per heavy atom. The van der Waals surface area contributed by atoms with Gasteiger partial charge in [-0.1, -0.05) is 0 Å². The molecule has 5 heteroatoms. The maximum absolute atomic E-state index is 14.3. The molecule has 4 aliphatic rings. The lowest BCUT2D eigenvalue weighted by Crippen LogP contribution is -2.71. The number of carbonyl (C=O) groups excluding carboxylic acids is 1. The number of halogens is 1. The van der Waals surface area contributed by atoms with Crippen molar-refractivity contribution in [3.05, 3.63) is 0 Å². The molecule has 4 rings (SSSR count). The number of rotatable bonds is 4. The Bertz CT molecular complexity index is 442. The maximum atomic E-state index is 14.3. The SMILES string of the molecule is O=C(N1CC2(CC(CO)CN2CC2CC2)C1)C1(F)CCC1. The summed E-state index contributed by atoms with van der Waals surface area (Å²) in [4.78, 5) is 16.5. The van der Waals surface area contributed by atoms with Gasteiger partial charge >= 0.3 is 0 Å². The van der Waals surface area contributed by atoms with Crippen LogP contribution in [-0.4, -0.2) is 64.8 Å². The van der Waals surface area contributed by atoms with Crippen molar-refractivity contribution in [2.45, 2.75) is 49.7 Å². The number of likely N-dealkylation sites (tertiary alicyclic amines) is 2. The summed E-state index contributed by atoms with van der Waals surface area (Å²) in [6, 6.07) is 0. The molecule has 118 valence electrons. The van der Waals surface area contributed by atoms with Gasteiger partial charge in [0.1, 0.15) is 0 Å². The summed E-state index contributed by atoms with van der Waals surface area (Å²) in [5.41, 5.74) is -1.52. The van der Waals surface area contributed by atoms with E-state index in [1.807, 2.05) is 0 Å². The van der Waals surface area contributed by atoms with E-state index >= 15 is 0 Å². The van der Waals surface area contributed by atoms with E-state index in [4.69, 9.17) is 0 Å². The Morgan fingerprint density at radius 2 is 1.95 bits per heavy atom. The Labute approximate surface area is 125 Å². The largest absolute Gasteiger partial charge is 0.396 e. The molecule has 4 nitrogen and oxygen atoms in total. The van der Waals surface area contributed by atoms with Crippen LogP contribution in [-0.2, 0) is 4.79 Å². The second-order valence-corrected chi connectivity index (χ2v) is 7.81. The lowest BCUT2D eigenvalue weighted by molar-refractivity contribution is -0.163. The van der Waals surface area contributed by atoms with E-state index in [2.05, 4.69) is 4.90 Å². The summed E-state index contributed by atoms with van der Waals surface area (Å²) in [5, 5.41) is 9.47. The average molecular weight is 296 g/mol. The molecule has 1 unspecified atom stereocenters. The molecule has 2 aliphatic heterocycles. The molecule has 2 saturated heterocycles. The van der Waals surface area contributed by atoms with Gasteiger partial charge in [0.15, 0.2) is 5.67 Å². The molecule has 4 fully saturated rings. The van der Waals surface area contributed by atoms with Crippen LogP contribution in [0.3, 0.4) is 0 Å². The first kappa shape index (κ1) is 13.9. The summed E-state index contributed by atoms with van der Waals surface area (Å²) in [6.07, 6.45) is 5.22. The minimum atomic E-state index is -1.56. The van der Waals surface area contributed by atoms with E-state index in [0.29, 0.717) is 31.8 Å². The average Bonchev–Trinajstić information content (AvgIpc) is 3.12. The molecule has 1 spiro atoms. The second-order valence-electron chi connectivity index (χ2n) is 7.81. The van der Waals surface area contributed by atoms with Gasteiger partial charge in [0.2, 0.25) is 0 Å². The number of amides is 1. The Hall–Kier alpha value is -0.680. The Balaban J connectivity index is 1.41. The molecular formula is C16H25FN2O2. The van der Waals surface area contributed by atoms with Gasteiger partial charge in [0.25, 0.3) is 5.91 Å². The molecule has 1 atom stereocenters. The minimum absolute atomic E-state index is 0.0335. The predicted molar refractivity (Wildman–Crippen MR) is 76.5 cm³/mol. The van der Waals surface area contributed by atoms with Crippen molar-refractivity contribution in [1.82, 2.24) is 9.80 Å². The highest BCUT2D eigenvalue weighted by Gasteiger charge is 2.58. The topological polar surface area (TPSA) is 43.8 Å². The molecule has 0 aromatic rings. The van der Waals surface area contributed by atoms with Crippen molar-refractivity contribution in [1.29, 1.82) is 0 Å². The number of aliphatic hydroxyl groups excluding tert-OH is 1. The van der Waals surface area contributed by atoms with Crippen molar-refractivity contribution >= 4 is 5.91 Å². The number of aliphatic hydroxyl groups is 1. The van der Waals surface area contributed by atoms with Crippen LogP contribution in [0.15, 0.2) is 0 Å². The first-order valence-corrected chi connectivity index (χ1v) is 8.39. The van der Waals surface area contributed by atoms with Gasteiger partial charge in [-0.15, -0.1) is 0 Å². The van der Waals surface area contributed by atoms with E-state index in [1.165, 1.54) is 12.8 Å². The van der Waals surface area contributed by atoms with Crippen LogP contribution in [0.5, 0.6) is 0 Å². The van der Waals surface area contributed by atoms with Crippen LogP contribution < -0.4 is 0 Å². The zero-order chi connectivity index (χ0) is 14.7. The highest BCUT2D eigenvalue weighted by atomic mass is 19.1. The van der Waals surface area contributed by atoms with Gasteiger partial charge in [-0.25, -0.2) is 4.39 Å². The van der Waals surface area contributed by atoms with E-state index in [1.54, 1.807) is 4.90 Å². The monoisotopic (exact) mass is 296 g/mol. The van der Waals surface area contributed by atoms with Crippen molar-refractivity contribution in [3.8, 4) is 0 Å². The number of carbonyl (C=O) groups is 1. The Morgan fingerprint density at radius 3 is 2.48 bits per heavy atom. The first-order chi connectivity index (χ1) is 10.0. The highest BCUT2D eigenvalue weighted by Crippen LogP contribution is 2.46. The van der Waals surface area contributed by atoms with Crippen molar-refractivity contribution < 1.29 is 14.3 Å². The molecule has 1 N–H and O–H groups in total. The molecule has 0 aromatic heterocycles. The van der Waals surface area contributed by atoms with Gasteiger partial charge in [-0.2, -0.15) is 0 Å². The lowest BCUT2D eigenvalue weighted by Gasteiger charge is -2.55. The molecule has 0 aromatic carbocycles. The molecule has 0 radical (unpaired) electrons. The molecule has 2 aliphatic carbocycles. The van der Waals surface area contributed by atoms with Gasteiger partial charge < -0.3 is 10.0 Å². The lowest BCUT2D eigenvalue weighted by atomic mass is 9.77. The number of hydrogen-bond acceptors (Lipinski definition) is 3. The van der Waals surface area contributed by atoms with Gasteiger partial charge in [0.05, 0.1) is 5.54 Å². The smallest absolute Gasteiger partial charge is 0.260 e. The van der Waals surface area contributed by atoms with E-state index < -0.39 is 5.67 Å². The van der Waals surface area contributed by atoms with Crippen molar-refractivity contribution in [2.24, 2.45) is 11.8 Å². The van der Waals surface area contributed by atoms with Crippen LogP contribution in [0.2, 0.25) is 0 Å². The third-order valence-corrected chi connectivity index (χ3v) is 6.04. The summed E-state index contributed by atoms with van der Waals surface area (Å²) in [6.45, 7) is 3.60. The fourth-order valence-electron chi connectivity index (χ4n) is 4.36. The van der Waals surface area contributed by atoms with Crippen LogP contribution in [0.1, 0.15) is 38.5 Å². The van der Waals surface area contributed by atoms with Gasteiger partial charge in [-0.05, 0) is 50.4 Å². The summed E-state index contributed by atoms with van der Waals surface area (Å²) in [5.74, 6) is 0.852. The van der Waals surface area contributed by atoms with Gasteiger partial charge in [-0.3, -0.25) is 9.69 Å². The van der Waals surface area contributed by atoms with E-state index in [0.717, 1.165) is 31.8 Å². The van der Waals surface area contributed by atoms with Crippen LogP contribution >= 0.6 is 0 Å². The van der Waals surface area contributed by atoms with Crippen LogP contribution in [0.25, 0.3) is 0 Å². The highest BCUT2D eigenvalue weighted by molar-refractivity contribution is 5.87. The van der Waals surface area contributed by atoms with E-state index in [-0.39, 0.29) is 18.1 Å². The zero-order valence-corrected chi connectivity index (χ0v) is 12.6. The fourth-order valence-corrected chi connectivity index (χ4v) is 4.36. The quantitative estimate of drug-likeness (QED) is 0.847. The normalized spacial score (nSPS) is 33.8. The van der Waals surface area contributed by atoms with Crippen molar-refractivity contribution in [3.63, 3.8) is 0 Å². The third-order valence-electron chi connectivity index (χ3n) is 6.04. The standard InChI is InChI=1S/C16H25FN2O2/c17-16(4-1-5-16)14(21)18-10-15(11-18)6-13(9-20)8-19(15)7-12-2-3-12/h12-13,20H,1-11H2. The summed E-state index contributed by atoms with van der Waals surface area (Å²) < 4.78 is 14.3. The van der Waals surface area contributed by atoms with E-state index in [9.17, 15) is 14.3 Å². The molecule has 2 heterocycles. The third kappa shape index (κ3) is 2.20. The number of alkyl halides is 1. The van der Waals surface area contributed by atoms with Gasteiger partial charge in [0, 0.05) is 32.8 Å². The first-order valence-electron chi connectivity index (χ1n) is 8.39. The Kier molecular flexibility index (Phi) is 3.09. The molecule has 2 saturated carbocycles. The van der Waals surface area contributed by atoms with Crippen LogP contribution in [0.4, 0.5) is 4.39 Å². The second kappa shape index (κ2) is 4.66. The maximum Gasteiger partial charge on any atom is 0.260 e. The number of nitrogens with zero attached hydrogens (tertiary/aromatic N) is 2. The summed E-state index contributed by atoms with van der Waals surface area (Å²) >= 11 is 0. The summed E-state index contributed by atoms with van der Waals surface area (Å²) in [7, 11) is 0. The minimum Gasteiger partial charge on any atom is -0.396 e. The van der Waals surface area contributed by atoms with Crippen molar-refractivity contribution in [2.75, 3.05) is 32.8 Å². The molecule has 0 bridgehead atoms. The zero-order valence-electron chi connectivity index (χ0n) is 12.6. The molecule has 1 amide bonds. The fraction of sp³-hybridized carbons (Fsp3) is 0.938. The predicted octanol–water partition coefficient (Wildman–Crippen LogP) is 1.18. The molecule has 21 heavy (non-hydrogen) atoms. The molecular weight excluding hydrogens is 271 g/mol. The van der Waals surface area contributed by atoms with Crippen LogP contribution in [0, 0.1) is 11.8 Å². The number of hydrogen-bond donors (Lipinski definition) is 1.